The molecule has 4 nitrogen and oxygen atoms in total. The van der Waals surface area contributed by atoms with Crippen molar-refractivity contribution < 1.29 is 10.2 Å². The summed E-state index contributed by atoms with van der Waals surface area (Å²) in [5.41, 5.74) is 0.915. The van der Waals surface area contributed by atoms with Gasteiger partial charge >= 0.3 is 0 Å². The molecule has 0 amide bonds. The smallest absolute Gasteiger partial charge is 0.119 e. The fraction of sp³-hybridized carbons (Fsp3) is 0.600. The topological polar surface area (TPSA) is 55.7 Å². The molecule has 19 heavy (non-hydrogen) atoms. The van der Waals surface area contributed by atoms with E-state index in [2.05, 4.69) is 24.1 Å². The van der Waals surface area contributed by atoms with Crippen molar-refractivity contribution in [2.24, 2.45) is 0 Å². The van der Waals surface area contributed by atoms with Crippen LogP contribution in [-0.2, 0) is 0 Å². The number of aromatic hydroxyl groups is 2. The Morgan fingerprint density at radius 1 is 1.32 bits per heavy atom. The number of nitrogens with one attached hydrogen (secondary N) is 1. The first-order valence-corrected chi connectivity index (χ1v) is 7.10. The van der Waals surface area contributed by atoms with Crippen LogP contribution >= 0.6 is 0 Å². The molecule has 1 fully saturated rings. The number of hydrogen-bond donors (Lipinski definition) is 3. The van der Waals surface area contributed by atoms with Gasteiger partial charge in [-0.2, -0.15) is 0 Å². The molecule has 106 valence electrons. The van der Waals surface area contributed by atoms with Gasteiger partial charge in [0.1, 0.15) is 11.5 Å². The first-order valence-electron chi connectivity index (χ1n) is 7.10. The number of phenols is 2. The van der Waals surface area contributed by atoms with Crippen LogP contribution in [0.2, 0.25) is 0 Å². The molecule has 1 heterocycles. The molecule has 2 atom stereocenters. The van der Waals surface area contributed by atoms with E-state index in [4.69, 9.17) is 0 Å². The van der Waals surface area contributed by atoms with Gasteiger partial charge in [-0.3, -0.25) is 4.90 Å². The number of nitrogens with zero attached hydrogens (tertiary/aromatic N) is 1. The maximum Gasteiger partial charge on any atom is 0.119 e. The standard InChI is InChI=1S/C15H24N2O2/c1-3-17-6-4-5-13(17)10-16-11(2)12-7-14(18)9-15(19)8-12/h7-9,11,13,16,18-19H,3-6,10H2,1-2H3. The SMILES string of the molecule is CCN1CCCC1CNC(C)c1cc(O)cc(O)c1. The summed E-state index contributed by atoms with van der Waals surface area (Å²) in [5.74, 6) is 0.222. The lowest BCUT2D eigenvalue weighted by Crippen LogP contribution is -2.38. The van der Waals surface area contributed by atoms with Crippen LogP contribution in [0.15, 0.2) is 18.2 Å². The van der Waals surface area contributed by atoms with Crippen molar-refractivity contribution in [1.82, 2.24) is 10.2 Å². The Kier molecular flexibility index (Phi) is 4.66. The van der Waals surface area contributed by atoms with Gasteiger partial charge in [-0.25, -0.2) is 0 Å². The monoisotopic (exact) mass is 264 g/mol. The van der Waals surface area contributed by atoms with Gasteiger partial charge in [0.25, 0.3) is 0 Å². The van der Waals surface area contributed by atoms with Gasteiger partial charge in [-0.1, -0.05) is 6.92 Å². The van der Waals surface area contributed by atoms with Crippen LogP contribution in [0.3, 0.4) is 0 Å². The van der Waals surface area contributed by atoms with Gasteiger partial charge in [0, 0.05) is 24.7 Å². The second-order valence-corrected chi connectivity index (χ2v) is 5.34. The molecule has 0 aromatic heterocycles. The van der Waals surface area contributed by atoms with E-state index in [1.54, 1.807) is 12.1 Å². The second-order valence-electron chi connectivity index (χ2n) is 5.34. The molecule has 2 rings (SSSR count). The van der Waals surface area contributed by atoms with Crippen LogP contribution in [0.25, 0.3) is 0 Å². The molecule has 0 saturated carbocycles. The van der Waals surface area contributed by atoms with E-state index in [1.165, 1.54) is 25.5 Å². The molecule has 2 unspecified atom stereocenters. The minimum Gasteiger partial charge on any atom is -0.508 e. The Bertz CT molecular complexity index is 402. The van der Waals surface area contributed by atoms with E-state index in [-0.39, 0.29) is 17.5 Å². The first-order chi connectivity index (χ1) is 9.10. The Balaban J connectivity index is 1.91. The van der Waals surface area contributed by atoms with E-state index in [0.717, 1.165) is 18.7 Å². The fourth-order valence-corrected chi connectivity index (χ4v) is 2.84. The number of benzene rings is 1. The molecule has 1 aliphatic rings. The second kappa shape index (κ2) is 6.26. The third-order valence-corrected chi connectivity index (χ3v) is 3.99. The summed E-state index contributed by atoms with van der Waals surface area (Å²) in [4.78, 5) is 2.50. The van der Waals surface area contributed by atoms with Gasteiger partial charge in [0.15, 0.2) is 0 Å². The summed E-state index contributed by atoms with van der Waals surface area (Å²) >= 11 is 0. The summed E-state index contributed by atoms with van der Waals surface area (Å²) in [5, 5.41) is 22.5. The number of hydrogen-bond acceptors (Lipinski definition) is 4. The molecule has 1 aromatic carbocycles. The highest BCUT2D eigenvalue weighted by Gasteiger charge is 2.23. The van der Waals surface area contributed by atoms with Gasteiger partial charge in [-0.05, 0) is 50.6 Å². The van der Waals surface area contributed by atoms with Crippen LogP contribution in [0.1, 0.15) is 38.3 Å². The summed E-state index contributed by atoms with van der Waals surface area (Å²) in [6.45, 7) is 7.51. The van der Waals surface area contributed by atoms with Gasteiger partial charge in [-0.15, -0.1) is 0 Å². The largest absolute Gasteiger partial charge is 0.508 e. The van der Waals surface area contributed by atoms with Gasteiger partial charge in [0.2, 0.25) is 0 Å². The maximum atomic E-state index is 9.51. The number of phenolic OH excluding ortho intramolecular Hbond substituents is 2. The number of rotatable bonds is 5. The van der Waals surface area contributed by atoms with Gasteiger partial charge in [0.05, 0.1) is 0 Å². The molecule has 4 heteroatoms. The molecule has 1 aromatic rings. The highest BCUT2D eigenvalue weighted by molar-refractivity contribution is 5.37. The Labute approximate surface area is 115 Å². The van der Waals surface area contributed by atoms with Crippen LogP contribution in [0, 0.1) is 0 Å². The number of likely N-dealkylation sites (tertiary alicyclic amines) is 1. The third kappa shape index (κ3) is 3.61. The highest BCUT2D eigenvalue weighted by Crippen LogP contribution is 2.25. The summed E-state index contributed by atoms with van der Waals surface area (Å²) in [6, 6.07) is 5.48. The molecule has 0 radical (unpaired) electrons. The summed E-state index contributed by atoms with van der Waals surface area (Å²) in [6.07, 6.45) is 2.53. The zero-order valence-corrected chi connectivity index (χ0v) is 11.8. The minimum atomic E-state index is 0.111. The lowest BCUT2D eigenvalue weighted by Gasteiger charge is -2.25. The maximum absolute atomic E-state index is 9.51. The highest BCUT2D eigenvalue weighted by atomic mass is 16.3. The normalized spacial score (nSPS) is 21.7. The van der Waals surface area contributed by atoms with E-state index in [0.29, 0.717) is 6.04 Å². The quantitative estimate of drug-likeness (QED) is 0.763. The first kappa shape index (κ1) is 14.2. The summed E-state index contributed by atoms with van der Waals surface area (Å²) in [7, 11) is 0. The zero-order chi connectivity index (χ0) is 13.8. The molecule has 0 aliphatic carbocycles. The van der Waals surface area contributed by atoms with Crippen molar-refractivity contribution in [3.63, 3.8) is 0 Å². The van der Waals surface area contributed by atoms with Crippen LogP contribution in [0.4, 0.5) is 0 Å². The number of likely N-dealkylation sites (N-methyl/N-ethyl adjacent to an activating group) is 1. The van der Waals surface area contributed by atoms with Crippen molar-refractivity contribution in [2.45, 2.75) is 38.8 Å². The Morgan fingerprint density at radius 2 is 2.00 bits per heavy atom. The van der Waals surface area contributed by atoms with E-state index >= 15 is 0 Å². The molecule has 1 aliphatic heterocycles. The average molecular weight is 264 g/mol. The van der Waals surface area contributed by atoms with Crippen molar-refractivity contribution in [2.75, 3.05) is 19.6 Å². The van der Waals surface area contributed by atoms with Crippen LogP contribution < -0.4 is 5.32 Å². The average Bonchev–Trinajstić information content (AvgIpc) is 2.82. The Morgan fingerprint density at radius 3 is 2.63 bits per heavy atom. The van der Waals surface area contributed by atoms with E-state index in [1.807, 2.05) is 0 Å². The Hall–Kier alpha value is -1.26. The molecule has 0 spiro atoms. The van der Waals surface area contributed by atoms with Crippen molar-refractivity contribution in [3.05, 3.63) is 23.8 Å². The zero-order valence-electron chi connectivity index (χ0n) is 11.8. The lowest BCUT2D eigenvalue weighted by atomic mass is 10.1. The lowest BCUT2D eigenvalue weighted by molar-refractivity contribution is 0.255. The molecule has 3 N–H and O–H groups in total. The van der Waals surface area contributed by atoms with Crippen LogP contribution in [-0.4, -0.2) is 40.8 Å². The van der Waals surface area contributed by atoms with E-state index in [9.17, 15) is 10.2 Å². The minimum absolute atomic E-state index is 0.111. The predicted octanol–water partition coefficient (Wildman–Crippen LogP) is 2.23. The third-order valence-electron chi connectivity index (χ3n) is 3.99. The van der Waals surface area contributed by atoms with Crippen molar-refractivity contribution in [1.29, 1.82) is 0 Å². The summed E-state index contributed by atoms with van der Waals surface area (Å²) < 4.78 is 0. The van der Waals surface area contributed by atoms with Gasteiger partial charge < -0.3 is 15.5 Å². The fourth-order valence-electron chi connectivity index (χ4n) is 2.84. The molecule has 0 bridgehead atoms. The van der Waals surface area contributed by atoms with Crippen molar-refractivity contribution >= 4 is 0 Å². The molecule has 1 saturated heterocycles. The molecular weight excluding hydrogens is 240 g/mol. The van der Waals surface area contributed by atoms with Crippen molar-refractivity contribution in [3.8, 4) is 11.5 Å². The predicted molar refractivity (Wildman–Crippen MR) is 76.5 cm³/mol. The molecular formula is C15H24N2O2. The van der Waals surface area contributed by atoms with E-state index < -0.39 is 0 Å². The van der Waals surface area contributed by atoms with Crippen LogP contribution in [0.5, 0.6) is 11.5 Å².